The van der Waals surface area contributed by atoms with Gasteiger partial charge in [0.1, 0.15) is 19.1 Å². The normalized spacial score (nSPS) is 14.5. The van der Waals surface area contributed by atoms with Crippen molar-refractivity contribution in [3.8, 4) is 23.1 Å². The number of halogens is 3. The van der Waals surface area contributed by atoms with Gasteiger partial charge in [-0.3, -0.25) is 0 Å². The van der Waals surface area contributed by atoms with Gasteiger partial charge in [0.2, 0.25) is 0 Å². The number of nitrogens with two attached hydrogens (primary N) is 2. The minimum absolute atomic E-state index is 0.222. The third-order valence-corrected chi connectivity index (χ3v) is 11.4. The lowest BCUT2D eigenvalue weighted by atomic mass is 9.79. The van der Waals surface area contributed by atoms with Crippen LogP contribution in [0.3, 0.4) is 0 Å². The summed E-state index contributed by atoms with van der Waals surface area (Å²) < 4.78 is 47.6. The van der Waals surface area contributed by atoms with Crippen molar-refractivity contribution in [1.82, 2.24) is 19.9 Å². The largest absolute Gasteiger partial charge is 0.494 e. The fourth-order valence-electron chi connectivity index (χ4n) is 4.52. The molecule has 2 aromatic carbocycles. The van der Waals surface area contributed by atoms with Gasteiger partial charge in [0.25, 0.3) is 0 Å². The highest BCUT2D eigenvalue weighted by atomic mass is 79.9. The van der Waals surface area contributed by atoms with Crippen LogP contribution in [0.15, 0.2) is 65.7 Å². The number of nitrogens with zero attached hydrogens (tertiary/aromatic N) is 4. The van der Waals surface area contributed by atoms with Gasteiger partial charge in [0.15, 0.2) is 0 Å². The number of alkyl halides is 2. The van der Waals surface area contributed by atoms with Crippen LogP contribution in [0.4, 0.5) is 11.4 Å². The summed E-state index contributed by atoms with van der Waals surface area (Å²) in [6.45, 7) is 21.5. The average molecular weight is 888 g/mol. The van der Waals surface area contributed by atoms with Crippen molar-refractivity contribution in [1.29, 1.82) is 0 Å². The van der Waals surface area contributed by atoms with Crippen molar-refractivity contribution in [2.24, 2.45) is 0 Å². The van der Waals surface area contributed by atoms with E-state index in [1.54, 1.807) is 70.5 Å². The molecule has 4 N–H and O–H groups in total. The monoisotopic (exact) mass is 886 g/mol. The average Bonchev–Trinajstić information content (AvgIpc) is 3.28. The Labute approximate surface area is 338 Å². The number of anilines is 2. The minimum atomic E-state index is -2.42. The molecule has 12 nitrogen and oxygen atoms in total. The molecule has 1 aliphatic rings. The van der Waals surface area contributed by atoms with Gasteiger partial charge < -0.3 is 39.4 Å². The zero-order valence-corrected chi connectivity index (χ0v) is 37.7. The summed E-state index contributed by atoms with van der Waals surface area (Å²) in [5, 5.41) is 1.37. The summed E-state index contributed by atoms with van der Waals surface area (Å²) in [5.74, 6) is 0. The molecule has 0 unspecified atom stereocenters. The molecule has 0 radical (unpaired) electrons. The van der Waals surface area contributed by atoms with Gasteiger partial charge in [-0.15, -0.1) is 23.2 Å². The van der Waals surface area contributed by atoms with Crippen LogP contribution in [-0.4, -0.2) is 83.0 Å². The molecule has 0 bridgehead atoms. The third-order valence-electron chi connectivity index (χ3n) is 7.88. The number of hydrogen-bond acceptors (Lipinski definition) is 12. The molecule has 1 fully saturated rings. The van der Waals surface area contributed by atoms with Gasteiger partial charge in [0.05, 0.1) is 28.9 Å². The topological polar surface area (TPSA) is 175 Å². The van der Waals surface area contributed by atoms with E-state index in [1.165, 1.54) is 0 Å². The molecule has 0 saturated carbocycles. The van der Waals surface area contributed by atoms with Gasteiger partial charge in [-0.2, -0.15) is 0 Å². The number of ether oxygens (including phenoxy) is 2. The molecular formula is C36H52BBrCl2N6O6P2. The number of nitrogen functional groups attached to an aromatic ring is 2. The second kappa shape index (κ2) is 20.5. The molecule has 18 heteroatoms. The van der Waals surface area contributed by atoms with Crippen LogP contribution >= 0.6 is 53.4 Å². The van der Waals surface area contributed by atoms with E-state index in [1.807, 2.05) is 65.8 Å². The molecular weight excluding hydrogens is 836 g/mol. The predicted octanol–water partition coefficient (Wildman–Crippen LogP) is 7.64. The van der Waals surface area contributed by atoms with E-state index in [0.29, 0.717) is 47.2 Å². The Bertz CT molecular complexity index is 1880. The van der Waals surface area contributed by atoms with E-state index in [9.17, 15) is 9.13 Å². The minimum Gasteiger partial charge on any atom is -0.464 e. The molecule has 0 atom stereocenters. The van der Waals surface area contributed by atoms with Crippen LogP contribution in [0.2, 0.25) is 0 Å². The van der Waals surface area contributed by atoms with Gasteiger partial charge in [-0.05, 0) is 126 Å². The maximum atomic E-state index is 12.3. The summed E-state index contributed by atoms with van der Waals surface area (Å²) in [6.07, 6.45) is 6.67. The standard InChI is InChI=1S/C14H23BNO3P.C14H18N3O2P.C6H7BrN2O.C2H4Cl2/c1-13(2)14(3,4)19-15(18-13)10-7-8-11(16)12(9-10)20(5,6)17;1-4-19-14-16-8-11(9-17-14)10-5-6-12(15)13(7-10)20(2,3)18;1-2-10-6-8-3-5(7)4-9-6;1-2(3)4/h7-9H,16H2,1-6H3;5-9H,4,15H2,1-3H3;3-4H,2H2,1H3;2H,1H3. The van der Waals surface area contributed by atoms with Gasteiger partial charge in [0, 0.05) is 52.3 Å². The molecule has 0 amide bonds. The number of hydrogen-bond donors (Lipinski definition) is 2. The lowest BCUT2D eigenvalue weighted by molar-refractivity contribution is 0.00578. The second-order valence-corrected chi connectivity index (χ2v) is 22.5. The molecule has 3 heterocycles. The van der Waals surface area contributed by atoms with Crippen LogP contribution < -0.4 is 37.0 Å². The van der Waals surface area contributed by atoms with E-state index in [-0.39, 0.29) is 16.0 Å². The first kappa shape index (κ1) is 47.5. The smallest absolute Gasteiger partial charge is 0.464 e. The zero-order valence-electron chi connectivity index (χ0n) is 32.8. The fraction of sp³-hybridized carbons (Fsp3) is 0.444. The first-order valence-corrected chi connectivity index (χ1v) is 23.9. The van der Waals surface area contributed by atoms with E-state index in [0.717, 1.165) is 21.1 Å². The third kappa shape index (κ3) is 14.8. The lowest BCUT2D eigenvalue weighted by Crippen LogP contribution is -2.41. The van der Waals surface area contributed by atoms with Crippen LogP contribution in [0.5, 0.6) is 12.0 Å². The van der Waals surface area contributed by atoms with Crippen molar-refractivity contribution in [2.45, 2.75) is 64.5 Å². The summed E-state index contributed by atoms with van der Waals surface area (Å²) in [6, 6.07) is 11.7. The van der Waals surface area contributed by atoms with E-state index in [4.69, 9.17) is 53.5 Å². The quantitative estimate of drug-likeness (QED) is 0.0767. The highest BCUT2D eigenvalue weighted by Crippen LogP contribution is 2.39. The molecule has 4 aromatic rings. The van der Waals surface area contributed by atoms with Crippen LogP contribution in [0, 0.1) is 0 Å². The molecule has 54 heavy (non-hydrogen) atoms. The highest BCUT2D eigenvalue weighted by molar-refractivity contribution is 9.10. The molecule has 296 valence electrons. The lowest BCUT2D eigenvalue weighted by Gasteiger charge is -2.32. The molecule has 1 aliphatic heterocycles. The Morgan fingerprint density at radius 1 is 0.741 bits per heavy atom. The summed E-state index contributed by atoms with van der Waals surface area (Å²) in [4.78, 5) is 15.8. The molecule has 0 aliphatic carbocycles. The van der Waals surface area contributed by atoms with E-state index < -0.39 is 21.4 Å². The first-order chi connectivity index (χ1) is 24.9. The van der Waals surface area contributed by atoms with E-state index in [2.05, 4.69) is 35.9 Å². The summed E-state index contributed by atoms with van der Waals surface area (Å²) >= 11 is 13.3. The fourth-order valence-corrected chi connectivity index (χ4v) is 7.02. The number of aromatic nitrogens is 4. The SMILES string of the molecule is CC(Cl)Cl.CC1(C)OB(c2ccc(N)c(P(C)(C)=O)c2)OC1(C)C.CCOc1ncc(-c2ccc(N)c(P(C)(C)=O)c2)cn1.CCOc1ncc(Br)cn1. The molecule has 0 spiro atoms. The van der Waals surface area contributed by atoms with Gasteiger partial charge >= 0.3 is 19.1 Å². The Morgan fingerprint density at radius 3 is 1.54 bits per heavy atom. The van der Waals surface area contributed by atoms with Crippen molar-refractivity contribution in [3.05, 3.63) is 65.7 Å². The van der Waals surface area contributed by atoms with Crippen LogP contribution in [0.1, 0.15) is 48.5 Å². The maximum Gasteiger partial charge on any atom is 0.494 e. The Hall–Kier alpha value is -2.70. The van der Waals surface area contributed by atoms with Crippen molar-refractivity contribution in [3.63, 3.8) is 0 Å². The predicted molar refractivity (Wildman–Crippen MR) is 230 cm³/mol. The maximum absolute atomic E-state index is 12.3. The van der Waals surface area contributed by atoms with Crippen LogP contribution in [-0.2, 0) is 18.4 Å². The Balaban J connectivity index is 0.000000279. The Kier molecular flexibility index (Phi) is 18.0. The molecule has 2 aromatic heterocycles. The Morgan fingerprint density at radius 2 is 1.13 bits per heavy atom. The zero-order chi connectivity index (χ0) is 41.1. The highest BCUT2D eigenvalue weighted by Gasteiger charge is 2.51. The molecule has 1 saturated heterocycles. The summed E-state index contributed by atoms with van der Waals surface area (Å²) in [7, 11) is -5.29. The number of benzene rings is 2. The van der Waals surface area contributed by atoms with Crippen molar-refractivity contribution in [2.75, 3.05) is 51.3 Å². The van der Waals surface area contributed by atoms with Gasteiger partial charge in [-0.1, -0.05) is 12.1 Å². The van der Waals surface area contributed by atoms with Gasteiger partial charge in [-0.25, -0.2) is 19.9 Å². The van der Waals surface area contributed by atoms with Crippen molar-refractivity contribution >= 4 is 88.0 Å². The summed E-state index contributed by atoms with van der Waals surface area (Å²) in [5.41, 5.74) is 14.7. The first-order valence-electron chi connectivity index (χ1n) is 17.0. The van der Waals surface area contributed by atoms with E-state index >= 15 is 0 Å². The number of rotatable bonds is 8. The van der Waals surface area contributed by atoms with Crippen LogP contribution in [0.25, 0.3) is 11.1 Å². The second-order valence-electron chi connectivity index (χ2n) is 13.7. The van der Waals surface area contributed by atoms with Crippen molar-refractivity contribution < 1.29 is 27.9 Å². The molecule has 5 rings (SSSR count).